The van der Waals surface area contributed by atoms with Crippen molar-refractivity contribution in [2.75, 3.05) is 39.3 Å². The Hall–Kier alpha value is -1.88. The molecule has 1 aromatic rings. The molecule has 0 N–H and O–H groups in total. The van der Waals surface area contributed by atoms with E-state index >= 15 is 0 Å². The van der Waals surface area contributed by atoms with Crippen molar-refractivity contribution in [3.8, 4) is 0 Å². The third-order valence-electron chi connectivity index (χ3n) is 5.73. The predicted octanol–water partition coefficient (Wildman–Crippen LogP) is 2.63. The molecule has 2 heterocycles. The van der Waals surface area contributed by atoms with E-state index < -0.39 is 0 Å². The molecule has 0 aromatic heterocycles. The van der Waals surface area contributed by atoms with Gasteiger partial charge in [-0.15, -0.1) is 0 Å². The minimum absolute atomic E-state index is 0.0661. The zero-order valence-corrected chi connectivity index (χ0v) is 15.9. The molecule has 5 heteroatoms. The highest BCUT2D eigenvalue weighted by Crippen LogP contribution is 2.16. The summed E-state index contributed by atoms with van der Waals surface area (Å²) in [6.07, 6.45) is 5.46. The standard InChI is InChI=1S/C21H31N3O2/c1-18(22-12-6-3-7-13-22)10-11-20(25)23-14-16-24(17-15-23)21(26)19-8-4-2-5-9-19/h2,4-5,8-9,18H,3,6-7,10-17H2,1H3/t18-/m0/s1. The summed E-state index contributed by atoms with van der Waals surface area (Å²) < 4.78 is 0. The van der Waals surface area contributed by atoms with Gasteiger partial charge < -0.3 is 14.7 Å². The van der Waals surface area contributed by atoms with Gasteiger partial charge in [0.1, 0.15) is 0 Å². The van der Waals surface area contributed by atoms with Crippen molar-refractivity contribution in [2.45, 2.75) is 45.1 Å². The highest BCUT2D eigenvalue weighted by atomic mass is 16.2. The van der Waals surface area contributed by atoms with Crippen molar-refractivity contribution in [1.29, 1.82) is 0 Å². The second kappa shape index (κ2) is 9.17. The molecule has 0 saturated carbocycles. The molecule has 2 saturated heterocycles. The molecule has 2 aliphatic rings. The van der Waals surface area contributed by atoms with Gasteiger partial charge in [-0.2, -0.15) is 0 Å². The van der Waals surface area contributed by atoms with Crippen LogP contribution in [0.15, 0.2) is 30.3 Å². The van der Waals surface area contributed by atoms with Gasteiger partial charge in [0, 0.05) is 44.2 Å². The van der Waals surface area contributed by atoms with Gasteiger partial charge in [-0.25, -0.2) is 0 Å². The third kappa shape index (κ3) is 4.85. The number of benzene rings is 1. The molecule has 26 heavy (non-hydrogen) atoms. The Morgan fingerprint density at radius 3 is 2.15 bits per heavy atom. The monoisotopic (exact) mass is 357 g/mol. The Bertz CT molecular complexity index is 591. The van der Waals surface area contributed by atoms with Crippen LogP contribution in [0.3, 0.4) is 0 Å². The predicted molar refractivity (Wildman–Crippen MR) is 103 cm³/mol. The molecule has 0 spiro atoms. The minimum Gasteiger partial charge on any atom is -0.339 e. The Balaban J connectivity index is 1.41. The van der Waals surface area contributed by atoms with Crippen LogP contribution in [0.4, 0.5) is 0 Å². The van der Waals surface area contributed by atoms with Crippen LogP contribution in [0.1, 0.15) is 49.4 Å². The molecular formula is C21H31N3O2. The minimum atomic E-state index is 0.0661. The van der Waals surface area contributed by atoms with E-state index in [1.807, 2.05) is 40.1 Å². The number of piperidine rings is 1. The first-order valence-corrected chi connectivity index (χ1v) is 10.0. The maximum Gasteiger partial charge on any atom is 0.253 e. The van der Waals surface area contributed by atoms with Crippen LogP contribution in [0.25, 0.3) is 0 Å². The number of rotatable bonds is 5. The lowest BCUT2D eigenvalue weighted by molar-refractivity contribution is -0.133. The Morgan fingerprint density at radius 1 is 0.885 bits per heavy atom. The van der Waals surface area contributed by atoms with E-state index in [4.69, 9.17) is 0 Å². The van der Waals surface area contributed by atoms with Gasteiger partial charge in [0.15, 0.2) is 0 Å². The smallest absolute Gasteiger partial charge is 0.253 e. The zero-order valence-electron chi connectivity index (χ0n) is 15.9. The van der Waals surface area contributed by atoms with E-state index in [9.17, 15) is 9.59 Å². The number of hydrogen-bond donors (Lipinski definition) is 0. The molecule has 5 nitrogen and oxygen atoms in total. The number of nitrogens with zero attached hydrogens (tertiary/aromatic N) is 3. The van der Waals surface area contributed by atoms with Gasteiger partial charge in [0.05, 0.1) is 0 Å². The molecule has 0 aliphatic carbocycles. The Kier molecular flexibility index (Phi) is 6.67. The van der Waals surface area contributed by atoms with Crippen LogP contribution in [0, 0.1) is 0 Å². The molecule has 0 unspecified atom stereocenters. The molecule has 0 bridgehead atoms. The molecule has 0 radical (unpaired) electrons. The molecule has 3 rings (SSSR count). The SMILES string of the molecule is C[C@@H](CCC(=O)N1CCN(C(=O)c2ccccc2)CC1)N1CCCCC1. The molecule has 2 aliphatic heterocycles. The summed E-state index contributed by atoms with van der Waals surface area (Å²) in [6.45, 7) is 7.15. The van der Waals surface area contributed by atoms with Gasteiger partial charge in [-0.3, -0.25) is 9.59 Å². The number of carbonyl (C=O) groups is 2. The zero-order chi connectivity index (χ0) is 18.4. The number of piperazine rings is 1. The summed E-state index contributed by atoms with van der Waals surface area (Å²) in [4.78, 5) is 31.3. The summed E-state index contributed by atoms with van der Waals surface area (Å²) in [5, 5.41) is 0. The van der Waals surface area contributed by atoms with Crippen LogP contribution < -0.4 is 0 Å². The van der Waals surface area contributed by atoms with Crippen LogP contribution in [0.2, 0.25) is 0 Å². The fourth-order valence-corrected chi connectivity index (χ4v) is 3.95. The number of carbonyl (C=O) groups excluding carboxylic acids is 2. The van der Waals surface area contributed by atoms with E-state index in [2.05, 4.69) is 11.8 Å². The number of amides is 2. The Labute approximate surface area is 156 Å². The average Bonchev–Trinajstić information content (AvgIpc) is 2.72. The molecule has 2 fully saturated rings. The van der Waals surface area contributed by atoms with Gasteiger partial charge in [0.25, 0.3) is 5.91 Å². The molecule has 1 aromatic carbocycles. The van der Waals surface area contributed by atoms with Crippen molar-refractivity contribution >= 4 is 11.8 Å². The highest BCUT2D eigenvalue weighted by Gasteiger charge is 2.25. The first-order chi connectivity index (χ1) is 12.6. The lowest BCUT2D eigenvalue weighted by atomic mass is 10.1. The first kappa shape index (κ1) is 18.9. The topological polar surface area (TPSA) is 43.9 Å². The highest BCUT2D eigenvalue weighted by molar-refractivity contribution is 5.94. The maximum atomic E-state index is 12.5. The summed E-state index contributed by atoms with van der Waals surface area (Å²) in [5.74, 6) is 0.303. The largest absolute Gasteiger partial charge is 0.339 e. The van der Waals surface area contributed by atoms with Crippen LogP contribution in [-0.2, 0) is 4.79 Å². The van der Waals surface area contributed by atoms with Crippen molar-refractivity contribution in [3.05, 3.63) is 35.9 Å². The molecule has 142 valence electrons. The van der Waals surface area contributed by atoms with Crippen molar-refractivity contribution in [2.24, 2.45) is 0 Å². The van der Waals surface area contributed by atoms with Crippen molar-refractivity contribution in [1.82, 2.24) is 14.7 Å². The summed E-state index contributed by atoms with van der Waals surface area (Å²) in [5.41, 5.74) is 0.725. The second-order valence-corrected chi connectivity index (χ2v) is 7.52. The van der Waals surface area contributed by atoms with Gasteiger partial charge in [-0.05, 0) is 51.4 Å². The summed E-state index contributed by atoms with van der Waals surface area (Å²) in [6, 6.07) is 9.87. The van der Waals surface area contributed by atoms with Crippen molar-refractivity contribution < 1.29 is 9.59 Å². The van der Waals surface area contributed by atoms with E-state index in [1.165, 1.54) is 32.4 Å². The Morgan fingerprint density at radius 2 is 1.50 bits per heavy atom. The third-order valence-corrected chi connectivity index (χ3v) is 5.73. The summed E-state index contributed by atoms with van der Waals surface area (Å²) in [7, 11) is 0. The van der Waals surface area contributed by atoms with Crippen LogP contribution in [-0.4, -0.2) is 71.8 Å². The van der Waals surface area contributed by atoms with Gasteiger partial charge in [0.2, 0.25) is 5.91 Å². The van der Waals surface area contributed by atoms with Crippen molar-refractivity contribution in [3.63, 3.8) is 0 Å². The maximum absolute atomic E-state index is 12.5. The molecule has 1 atom stereocenters. The quantitative estimate of drug-likeness (QED) is 0.814. The average molecular weight is 357 g/mol. The van der Waals surface area contributed by atoms with Gasteiger partial charge >= 0.3 is 0 Å². The number of hydrogen-bond acceptors (Lipinski definition) is 3. The molecular weight excluding hydrogens is 326 g/mol. The lowest BCUT2D eigenvalue weighted by Gasteiger charge is -2.36. The molecule has 2 amide bonds. The van der Waals surface area contributed by atoms with Gasteiger partial charge in [-0.1, -0.05) is 24.6 Å². The fraction of sp³-hybridized carbons (Fsp3) is 0.619. The van der Waals surface area contributed by atoms with E-state index in [0.717, 1.165) is 12.0 Å². The van der Waals surface area contributed by atoms with E-state index in [-0.39, 0.29) is 11.8 Å². The van der Waals surface area contributed by atoms with E-state index in [1.54, 1.807) is 0 Å². The second-order valence-electron chi connectivity index (χ2n) is 7.52. The number of likely N-dealkylation sites (tertiary alicyclic amines) is 1. The summed E-state index contributed by atoms with van der Waals surface area (Å²) >= 11 is 0. The lowest BCUT2D eigenvalue weighted by Crippen LogP contribution is -2.50. The van der Waals surface area contributed by atoms with E-state index in [0.29, 0.717) is 38.6 Å². The fourth-order valence-electron chi connectivity index (χ4n) is 3.95. The first-order valence-electron chi connectivity index (χ1n) is 10.0. The normalized spacial score (nSPS) is 20.0. The van der Waals surface area contributed by atoms with Crippen LogP contribution >= 0.6 is 0 Å². The van der Waals surface area contributed by atoms with Crippen LogP contribution in [0.5, 0.6) is 0 Å².